The van der Waals surface area contributed by atoms with E-state index in [9.17, 15) is 9.59 Å². The molecular formula is C23H28ClN3O4. The monoisotopic (exact) mass is 445 g/mol. The summed E-state index contributed by atoms with van der Waals surface area (Å²) < 4.78 is 10.6. The summed E-state index contributed by atoms with van der Waals surface area (Å²) in [6.07, 6.45) is 0.257. The summed E-state index contributed by atoms with van der Waals surface area (Å²) in [5, 5.41) is 3.84. The molecule has 0 radical (unpaired) electrons. The van der Waals surface area contributed by atoms with Crippen LogP contribution in [0, 0.1) is 0 Å². The van der Waals surface area contributed by atoms with Crippen LogP contribution in [0.5, 0.6) is 11.5 Å². The van der Waals surface area contributed by atoms with Crippen LogP contribution in [0.2, 0.25) is 5.02 Å². The first-order valence-corrected chi connectivity index (χ1v) is 10.6. The molecule has 3 rings (SSSR count). The van der Waals surface area contributed by atoms with Crippen molar-refractivity contribution in [3.63, 3.8) is 0 Å². The number of ether oxygens (including phenoxy) is 2. The third kappa shape index (κ3) is 6.35. The van der Waals surface area contributed by atoms with Crippen LogP contribution in [0.3, 0.4) is 0 Å². The number of halogens is 1. The lowest BCUT2D eigenvalue weighted by atomic mass is 10.1. The number of carbonyl (C=O) groups excluding carboxylic acids is 2. The Morgan fingerprint density at radius 3 is 2.35 bits per heavy atom. The lowest BCUT2D eigenvalue weighted by Crippen LogP contribution is -2.47. The molecule has 2 amide bonds. The molecule has 0 saturated carbocycles. The van der Waals surface area contributed by atoms with E-state index in [4.69, 9.17) is 21.1 Å². The van der Waals surface area contributed by atoms with Crippen LogP contribution in [0.15, 0.2) is 42.5 Å². The van der Waals surface area contributed by atoms with E-state index in [2.05, 4.69) is 5.32 Å². The smallest absolute Gasteiger partial charge is 0.254 e. The molecule has 1 fully saturated rings. The Bertz CT molecular complexity index is 893. The van der Waals surface area contributed by atoms with Gasteiger partial charge in [0.05, 0.1) is 14.2 Å². The van der Waals surface area contributed by atoms with Gasteiger partial charge in [-0.1, -0.05) is 23.7 Å². The molecule has 1 aliphatic heterocycles. The summed E-state index contributed by atoms with van der Waals surface area (Å²) >= 11 is 6.13. The van der Waals surface area contributed by atoms with Crippen molar-refractivity contribution in [2.24, 2.45) is 0 Å². The van der Waals surface area contributed by atoms with Crippen molar-refractivity contribution in [2.45, 2.75) is 13.0 Å². The lowest BCUT2D eigenvalue weighted by molar-refractivity contribution is -0.132. The quantitative estimate of drug-likeness (QED) is 0.676. The Balaban J connectivity index is 1.80. The van der Waals surface area contributed by atoms with Crippen LogP contribution in [-0.4, -0.2) is 68.6 Å². The fourth-order valence-electron chi connectivity index (χ4n) is 3.52. The molecule has 166 valence electrons. The number of hydrogen-bond donors (Lipinski definition) is 1. The summed E-state index contributed by atoms with van der Waals surface area (Å²) in [6, 6.07) is 12.4. The van der Waals surface area contributed by atoms with Crippen LogP contribution in [0.4, 0.5) is 0 Å². The Morgan fingerprint density at radius 2 is 1.74 bits per heavy atom. The average molecular weight is 446 g/mol. The van der Waals surface area contributed by atoms with E-state index in [0.717, 1.165) is 18.7 Å². The van der Waals surface area contributed by atoms with Crippen LogP contribution in [-0.2, 0) is 11.3 Å². The van der Waals surface area contributed by atoms with E-state index in [1.807, 2.05) is 23.1 Å². The molecule has 1 saturated heterocycles. The zero-order valence-electron chi connectivity index (χ0n) is 17.9. The molecule has 0 aliphatic carbocycles. The largest absolute Gasteiger partial charge is 0.497 e. The lowest BCUT2D eigenvalue weighted by Gasteiger charge is -2.29. The molecule has 1 N–H and O–H groups in total. The highest BCUT2D eigenvalue weighted by molar-refractivity contribution is 6.30. The van der Waals surface area contributed by atoms with Gasteiger partial charge in [-0.15, -0.1) is 0 Å². The number of amides is 2. The summed E-state index contributed by atoms with van der Waals surface area (Å²) in [5.74, 6) is 0.906. The number of piperazine rings is 1. The highest BCUT2D eigenvalue weighted by Crippen LogP contribution is 2.24. The van der Waals surface area contributed by atoms with Crippen molar-refractivity contribution in [3.05, 3.63) is 58.6 Å². The number of hydrogen-bond acceptors (Lipinski definition) is 5. The molecule has 31 heavy (non-hydrogen) atoms. The second-order valence-electron chi connectivity index (χ2n) is 7.34. The van der Waals surface area contributed by atoms with Crippen molar-refractivity contribution >= 4 is 23.4 Å². The first kappa shape index (κ1) is 22.9. The van der Waals surface area contributed by atoms with Crippen molar-refractivity contribution in [1.29, 1.82) is 0 Å². The molecule has 0 unspecified atom stereocenters. The van der Waals surface area contributed by atoms with Gasteiger partial charge in [-0.3, -0.25) is 9.59 Å². The molecule has 2 aromatic carbocycles. The minimum atomic E-state index is -0.203. The van der Waals surface area contributed by atoms with Crippen LogP contribution < -0.4 is 14.8 Å². The van der Waals surface area contributed by atoms with E-state index < -0.39 is 0 Å². The zero-order chi connectivity index (χ0) is 22.2. The topological polar surface area (TPSA) is 71.1 Å². The van der Waals surface area contributed by atoms with Crippen molar-refractivity contribution in [3.8, 4) is 11.5 Å². The first-order chi connectivity index (χ1) is 15.0. The molecule has 0 spiro atoms. The average Bonchev–Trinajstić information content (AvgIpc) is 2.81. The number of methoxy groups -OCH3 is 2. The van der Waals surface area contributed by atoms with Crippen LogP contribution in [0.25, 0.3) is 0 Å². The van der Waals surface area contributed by atoms with E-state index >= 15 is 0 Å². The molecule has 1 aliphatic rings. The van der Waals surface area contributed by atoms with E-state index in [0.29, 0.717) is 48.3 Å². The summed E-state index contributed by atoms with van der Waals surface area (Å²) in [7, 11) is 3.08. The minimum Gasteiger partial charge on any atom is -0.497 e. The van der Waals surface area contributed by atoms with Crippen molar-refractivity contribution in [1.82, 2.24) is 15.1 Å². The molecule has 7 nitrogen and oxygen atoms in total. The third-order valence-electron chi connectivity index (χ3n) is 5.21. The Kier molecular flexibility index (Phi) is 8.14. The SMILES string of the molecule is COc1cc(OC)cc(C(=O)N(CCC(=O)N2CCNCC2)Cc2cccc(Cl)c2)c1. The maximum atomic E-state index is 13.4. The highest BCUT2D eigenvalue weighted by Gasteiger charge is 2.22. The van der Waals surface area contributed by atoms with Crippen molar-refractivity contribution < 1.29 is 19.1 Å². The normalized spacial score (nSPS) is 13.6. The van der Waals surface area contributed by atoms with Gasteiger partial charge >= 0.3 is 0 Å². The summed E-state index contributed by atoms with van der Waals surface area (Å²) in [5.41, 5.74) is 1.33. The number of nitrogens with zero attached hydrogens (tertiary/aromatic N) is 2. The second kappa shape index (κ2) is 11.0. The molecule has 0 atom stereocenters. The second-order valence-corrected chi connectivity index (χ2v) is 7.78. The predicted molar refractivity (Wildman–Crippen MR) is 120 cm³/mol. The fourth-order valence-corrected chi connectivity index (χ4v) is 3.74. The number of rotatable bonds is 8. The highest BCUT2D eigenvalue weighted by atomic mass is 35.5. The van der Waals surface area contributed by atoms with Gasteiger partial charge in [-0.05, 0) is 29.8 Å². The standard InChI is InChI=1S/C23H28ClN3O4/c1-30-20-13-18(14-21(15-20)31-2)23(29)27(16-17-4-3-5-19(24)12-17)9-6-22(28)26-10-7-25-8-11-26/h3-5,12-15,25H,6-11,16H2,1-2H3. The zero-order valence-corrected chi connectivity index (χ0v) is 18.7. The van der Waals surface area contributed by atoms with E-state index in [1.54, 1.807) is 43.4 Å². The van der Waals surface area contributed by atoms with Gasteiger partial charge in [0.15, 0.2) is 0 Å². The Morgan fingerprint density at radius 1 is 1.06 bits per heavy atom. The number of nitrogens with one attached hydrogen (secondary N) is 1. The molecule has 1 heterocycles. The molecule has 8 heteroatoms. The Labute approximate surface area is 187 Å². The van der Waals surface area contributed by atoms with Crippen LogP contribution >= 0.6 is 11.6 Å². The summed E-state index contributed by atoms with van der Waals surface area (Å²) in [4.78, 5) is 29.6. The molecule has 2 aromatic rings. The van der Waals surface area contributed by atoms with Gasteiger partial charge in [0.1, 0.15) is 11.5 Å². The minimum absolute atomic E-state index is 0.0496. The first-order valence-electron chi connectivity index (χ1n) is 10.3. The number of benzene rings is 2. The van der Waals surface area contributed by atoms with Crippen LogP contribution in [0.1, 0.15) is 22.3 Å². The van der Waals surface area contributed by atoms with E-state index in [1.165, 1.54) is 0 Å². The fraction of sp³-hybridized carbons (Fsp3) is 0.391. The van der Waals surface area contributed by atoms with E-state index in [-0.39, 0.29) is 18.2 Å². The van der Waals surface area contributed by atoms with Gasteiger partial charge in [0, 0.05) is 62.3 Å². The molecule has 0 aromatic heterocycles. The van der Waals surface area contributed by atoms with Crippen molar-refractivity contribution in [2.75, 3.05) is 46.9 Å². The third-order valence-corrected chi connectivity index (χ3v) is 5.45. The Hall–Kier alpha value is -2.77. The maximum Gasteiger partial charge on any atom is 0.254 e. The number of carbonyl (C=O) groups is 2. The van der Waals surface area contributed by atoms with Gasteiger partial charge in [0.25, 0.3) is 5.91 Å². The summed E-state index contributed by atoms with van der Waals surface area (Å²) in [6.45, 7) is 3.60. The van der Waals surface area contributed by atoms with Gasteiger partial charge in [-0.25, -0.2) is 0 Å². The van der Waals surface area contributed by atoms with Gasteiger partial charge < -0.3 is 24.6 Å². The predicted octanol–water partition coefficient (Wildman–Crippen LogP) is 2.82. The molecular weight excluding hydrogens is 418 g/mol. The molecule has 0 bridgehead atoms. The van der Waals surface area contributed by atoms with Gasteiger partial charge in [-0.2, -0.15) is 0 Å². The maximum absolute atomic E-state index is 13.4. The van der Waals surface area contributed by atoms with Gasteiger partial charge in [0.2, 0.25) is 5.91 Å².